The van der Waals surface area contributed by atoms with Crippen LogP contribution in [0.1, 0.15) is 15.9 Å². The van der Waals surface area contributed by atoms with E-state index in [4.69, 9.17) is 4.74 Å². The number of nitrogens with one attached hydrogen (secondary N) is 1. The molecule has 0 radical (unpaired) electrons. The molecule has 3 rings (SSSR count). The Hall–Kier alpha value is -2.88. The van der Waals surface area contributed by atoms with E-state index in [-0.39, 0.29) is 11.7 Å². The lowest BCUT2D eigenvalue weighted by Crippen LogP contribution is -2.13. The van der Waals surface area contributed by atoms with E-state index < -0.39 is 0 Å². The van der Waals surface area contributed by atoms with Crippen LogP contribution in [0.15, 0.2) is 54.6 Å². The number of hydrogen-bond donors (Lipinski definition) is 1. The van der Waals surface area contributed by atoms with Crippen molar-refractivity contribution in [2.24, 2.45) is 0 Å². The Bertz CT molecular complexity index is 890. The monoisotopic (exact) mass is 309 g/mol. The average Bonchev–Trinajstić information content (AvgIpc) is 2.57. The first-order valence-electron chi connectivity index (χ1n) is 7.23. The molecule has 4 heteroatoms. The lowest BCUT2D eigenvalue weighted by Gasteiger charge is -2.12. The normalized spacial score (nSPS) is 10.6. The molecule has 23 heavy (non-hydrogen) atoms. The maximum Gasteiger partial charge on any atom is 0.256 e. The highest BCUT2D eigenvalue weighted by Gasteiger charge is 2.14. The minimum absolute atomic E-state index is 0.280. The summed E-state index contributed by atoms with van der Waals surface area (Å²) in [5.74, 6) is 0.0436. The largest absolute Gasteiger partial charge is 0.496 e. The molecule has 0 aliphatic carbocycles. The molecule has 0 fully saturated rings. The van der Waals surface area contributed by atoms with Crippen LogP contribution in [0.2, 0.25) is 0 Å². The van der Waals surface area contributed by atoms with Gasteiger partial charge >= 0.3 is 0 Å². The molecule has 0 saturated heterocycles. The highest BCUT2D eigenvalue weighted by atomic mass is 19.1. The van der Waals surface area contributed by atoms with Crippen LogP contribution in [-0.2, 0) is 0 Å². The van der Waals surface area contributed by atoms with Crippen molar-refractivity contribution in [3.8, 4) is 5.75 Å². The van der Waals surface area contributed by atoms with Crippen LogP contribution in [0, 0.1) is 12.7 Å². The van der Waals surface area contributed by atoms with Gasteiger partial charge in [-0.25, -0.2) is 4.39 Å². The number of aryl methyl sites for hydroxylation is 1. The van der Waals surface area contributed by atoms with Gasteiger partial charge in [-0.1, -0.05) is 30.3 Å². The van der Waals surface area contributed by atoms with E-state index >= 15 is 0 Å². The zero-order valence-corrected chi connectivity index (χ0v) is 12.9. The SMILES string of the molecule is COc1ccc(C(=O)Nc2cc(F)ccc2C)c2ccccc12. The van der Waals surface area contributed by atoms with Gasteiger partial charge in [0, 0.05) is 16.6 Å². The Kier molecular flexibility index (Phi) is 3.98. The molecular weight excluding hydrogens is 293 g/mol. The van der Waals surface area contributed by atoms with Crippen molar-refractivity contribution in [2.45, 2.75) is 6.92 Å². The van der Waals surface area contributed by atoms with E-state index in [9.17, 15) is 9.18 Å². The van der Waals surface area contributed by atoms with Gasteiger partial charge in [-0.2, -0.15) is 0 Å². The van der Waals surface area contributed by atoms with E-state index in [1.165, 1.54) is 12.1 Å². The third-order valence-corrected chi connectivity index (χ3v) is 3.80. The van der Waals surface area contributed by atoms with Crippen molar-refractivity contribution in [1.82, 2.24) is 0 Å². The minimum atomic E-state index is -0.384. The predicted molar refractivity (Wildman–Crippen MR) is 89.6 cm³/mol. The molecule has 0 atom stereocenters. The van der Waals surface area contributed by atoms with Crippen LogP contribution in [0.4, 0.5) is 10.1 Å². The van der Waals surface area contributed by atoms with Crippen LogP contribution in [0.5, 0.6) is 5.75 Å². The summed E-state index contributed by atoms with van der Waals surface area (Å²) in [5, 5.41) is 4.43. The quantitative estimate of drug-likeness (QED) is 0.771. The number of halogens is 1. The summed E-state index contributed by atoms with van der Waals surface area (Å²) in [5.41, 5.74) is 1.79. The van der Waals surface area contributed by atoms with Gasteiger partial charge in [-0.15, -0.1) is 0 Å². The molecule has 0 aliphatic heterocycles. The summed E-state index contributed by atoms with van der Waals surface area (Å²) in [7, 11) is 1.59. The van der Waals surface area contributed by atoms with Crippen molar-refractivity contribution in [3.05, 3.63) is 71.5 Å². The number of ether oxygens (including phenoxy) is 1. The maximum absolute atomic E-state index is 13.4. The van der Waals surface area contributed by atoms with Crippen LogP contribution in [-0.4, -0.2) is 13.0 Å². The molecule has 0 bridgehead atoms. The molecule has 3 aromatic rings. The highest BCUT2D eigenvalue weighted by Crippen LogP contribution is 2.29. The number of anilines is 1. The maximum atomic E-state index is 13.4. The van der Waals surface area contributed by atoms with Crippen molar-refractivity contribution < 1.29 is 13.9 Å². The molecule has 3 nitrogen and oxygen atoms in total. The second-order valence-corrected chi connectivity index (χ2v) is 5.27. The fourth-order valence-electron chi connectivity index (χ4n) is 2.57. The molecule has 116 valence electrons. The number of amides is 1. The van der Waals surface area contributed by atoms with E-state index in [1.54, 1.807) is 25.3 Å². The molecule has 0 aromatic heterocycles. The first-order chi connectivity index (χ1) is 11.1. The summed E-state index contributed by atoms with van der Waals surface area (Å²) < 4.78 is 18.7. The van der Waals surface area contributed by atoms with Gasteiger partial charge in [0.2, 0.25) is 0 Å². The number of rotatable bonds is 3. The molecule has 3 aromatic carbocycles. The molecule has 0 heterocycles. The molecular formula is C19H16FNO2. The van der Waals surface area contributed by atoms with Crippen molar-refractivity contribution in [2.75, 3.05) is 12.4 Å². The zero-order chi connectivity index (χ0) is 16.4. The third kappa shape index (κ3) is 2.88. The Labute approximate surface area is 133 Å². The van der Waals surface area contributed by atoms with E-state index in [2.05, 4.69) is 5.32 Å². The number of carbonyl (C=O) groups is 1. The number of benzene rings is 3. The van der Waals surface area contributed by atoms with Crippen LogP contribution >= 0.6 is 0 Å². The fourth-order valence-corrected chi connectivity index (χ4v) is 2.57. The molecule has 1 amide bonds. The van der Waals surface area contributed by atoms with E-state index in [0.717, 1.165) is 16.3 Å². The highest BCUT2D eigenvalue weighted by molar-refractivity contribution is 6.14. The van der Waals surface area contributed by atoms with Crippen LogP contribution in [0.25, 0.3) is 10.8 Å². The summed E-state index contributed by atoms with van der Waals surface area (Å²) in [6.07, 6.45) is 0. The molecule has 0 aliphatic rings. The Morgan fingerprint density at radius 1 is 1.04 bits per heavy atom. The summed E-state index contributed by atoms with van der Waals surface area (Å²) in [6, 6.07) is 15.3. The van der Waals surface area contributed by atoms with Crippen molar-refractivity contribution in [3.63, 3.8) is 0 Å². The lowest BCUT2D eigenvalue weighted by atomic mass is 10.0. The van der Waals surface area contributed by atoms with Crippen LogP contribution < -0.4 is 10.1 Å². The van der Waals surface area contributed by atoms with Gasteiger partial charge in [0.25, 0.3) is 5.91 Å². The fraction of sp³-hybridized carbons (Fsp3) is 0.105. The molecule has 0 unspecified atom stereocenters. The van der Waals surface area contributed by atoms with Gasteiger partial charge in [0.05, 0.1) is 7.11 Å². The second kappa shape index (κ2) is 6.08. The Morgan fingerprint density at radius 2 is 1.78 bits per heavy atom. The number of hydrogen-bond acceptors (Lipinski definition) is 2. The number of fused-ring (bicyclic) bond motifs is 1. The third-order valence-electron chi connectivity index (χ3n) is 3.80. The summed E-state index contributed by atoms with van der Waals surface area (Å²) >= 11 is 0. The van der Waals surface area contributed by atoms with Gasteiger partial charge in [0.15, 0.2) is 0 Å². The Morgan fingerprint density at radius 3 is 2.52 bits per heavy atom. The van der Waals surface area contributed by atoms with Crippen LogP contribution in [0.3, 0.4) is 0 Å². The number of carbonyl (C=O) groups excluding carboxylic acids is 1. The summed E-state index contributed by atoms with van der Waals surface area (Å²) in [6.45, 7) is 1.82. The van der Waals surface area contributed by atoms with Gasteiger partial charge < -0.3 is 10.1 Å². The van der Waals surface area contributed by atoms with Gasteiger partial charge in [0.1, 0.15) is 11.6 Å². The molecule has 0 saturated carbocycles. The second-order valence-electron chi connectivity index (χ2n) is 5.27. The minimum Gasteiger partial charge on any atom is -0.496 e. The average molecular weight is 309 g/mol. The van der Waals surface area contributed by atoms with Crippen molar-refractivity contribution in [1.29, 1.82) is 0 Å². The smallest absolute Gasteiger partial charge is 0.256 e. The van der Waals surface area contributed by atoms with E-state index in [0.29, 0.717) is 17.0 Å². The topological polar surface area (TPSA) is 38.3 Å². The van der Waals surface area contributed by atoms with E-state index in [1.807, 2.05) is 31.2 Å². The lowest BCUT2D eigenvalue weighted by molar-refractivity contribution is 0.102. The summed E-state index contributed by atoms with van der Waals surface area (Å²) in [4.78, 5) is 12.6. The van der Waals surface area contributed by atoms with Crippen molar-refractivity contribution >= 4 is 22.4 Å². The van der Waals surface area contributed by atoms with Gasteiger partial charge in [-0.05, 0) is 42.1 Å². The zero-order valence-electron chi connectivity index (χ0n) is 12.9. The first-order valence-corrected chi connectivity index (χ1v) is 7.23. The predicted octanol–water partition coefficient (Wildman–Crippen LogP) is 4.55. The van der Waals surface area contributed by atoms with Gasteiger partial charge in [-0.3, -0.25) is 4.79 Å². The first kappa shape index (κ1) is 15.0. The number of methoxy groups -OCH3 is 1. The molecule has 1 N–H and O–H groups in total. The standard InChI is InChI=1S/C19H16FNO2/c1-12-7-8-13(20)11-17(12)21-19(22)16-9-10-18(23-2)15-6-4-3-5-14(15)16/h3-11H,1-2H3,(H,21,22). The molecule has 0 spiro atoms. The Balaban J connectivity index is 2.03.